The van der Waals surface area contributed by atoms with Crippen LogP contribution in [0.15, 0.2) is 18.2 Å². The van der Waals surface area contributed by atoms with Crippen LogP contribution in [0.5, 0.6) is 11.5 Å². The predicted molar refractivity (Wildman–Crippen MR) is 82.6 cm³/mol. The second-order valence-electron chi connectivity index (χ2n) is 5.44. The highest BCUT2D eigenvalue weighted by molar-refractivity contribution is 5.78. The van der Waals surface area contributed by atoms with E-state index in [1.165, 1.54) is 0 Å². The number of fused-ring (bicyclic) bond motifs is 1. The Bertz CT molecular complexity index is 473. The fourth-order valence-corrected chi connectivity index (χ4v) is 2.50. The van der Waals surface area contributed by atoms with Crippen LogP contribution in [0, 0.1) is 5.92 Å². The largest absolute Gasteiger partial charge is 0.486 e. The molecule has 0 fully saturated rings. The molecule has 0 saturated carbocycles. The molecule has 1 unspecified atom stereocenters. The molecular weight excluding hydrogens is 266 g/mol. The van der Waals surface area contributed by atoms with Crippen molar-refractivity contribution in [3.05, 3.63) is 23.8 Å². The minimum atomic E-state index is 0.127. The summed E-state index contributed by atoms with van der Waals surface area (Å²) in [6.07, 6.45) is 4.11. The molecule has 0 radical (unpaired) electrons. The van der Waals surface area contributed by atoms with E-state index in [4.69, 9.17) is 9.47 Å². The van der Waals surface area contributed by atoms with E-state index in [0.717, 1.165) is 42.7 Å². The van der Waals surface area contributed by atoms with Gasteiger partial charge in [-0.25, -0.2) is 0 Å². The molecule has 1 atom stereocenters. The number of unbranched alkanes of at least 4 members (excludes halogenated alkanes) is 1. The van der Waals surface area contributed by atoms with Crippen molar-refractivity contribution in [3.8, 4) is 11.5 Å². The number of benzene rings is 1. The van der Waals surface area contributed by atoms with Crippen LogP contribution >= 0.6 is 0 Å². The highest BCUT2D eigenvalue weighted by Crippen LogP contribution is 2.30. The van der Waals surface area contributed by atoms with Crippen LogP contribution in [0.25, 0.3) is 0 Å². The summed E-state index contributed by atoms with van der Waals surface area (Å²) in [5, 5.41) is 3.03. The molecule has 1 aliphatic rings. The zero-order valence-corrected chi connectivity index (χ0v) is 13.0. The molecule has 1 aromatic carbocycles. The quantitative estimate of drug-likeness (QED) is 0.838. The van der Waals surface area contributed by atoms with E-state index in [2.05, 4.69) is 19.2 Å². The maximum Gasteiger partial charge on any atom is 0.223 e. The van der Waals surface area contributed by atoms with Crippen molar-refractivity contribution < 1.29 is 14.3 Å². The molecule has 4 nitrogen and oxygen atoms in total. The first kappa shape index (κ1) is 15.7. The summed E-state index contributed by atoms with van der Waals surface area (Å²) in [6, 6.07) is 5.83. The molecule has 0 aliphatic carbocycles. The number of carbonyl (C=O) groups excluding carboxylic acids is 1. The number of rotatable bonds is 7. The Morgan fingerprint density at radius 2 is 2.00 bits per heavy atom. The molecule has 1 aromatic rings. The Hall–Kier alpha value is -1.71. The van der Waals surface area contributed by atoms with Gasteiger partial charge in [0.2, 0.25) is 5.91 Å². The third kappa shape index (κ3) is 4.38. The van der Waals surface area contributed by atoms with Crippen LogP contribution < -0.4 is 14.8 Å². The first-order valence-corrected chi connectivity index (χ1v) is 7.90. The van der Waals surface area contributed by atoms with E-state index in [1.54, 1.807) is 0 Å². The van der Waals surface area contributed by atoms with E-state index in [1.807, 2.05) is 18.2 Å². The first-order chi connectivity index (χ1) is 10.2. The van der Waals surface area contributed by atoms with Crippen molar-refractivity contribution in [2.75, 3.05) is 13.2 Å². The summed E-state index contributed by atoms with van der Waals surface area (Å²) in [5.41, 5.74) is 1.04. The summed E-state index contributed by atoms with van der Waals surface area (Å²) in [4.78, 5) is 12.2. The predicted octanol–water partition coefficient (Wildman–Crippen LogP) is 3.29. The van der Waals surface area contributed by atoms with E-state index in [0.29, 0.717) is 19.8 Å². The zero-order chi connectivity index (χ0) is 15.1. The number of hydrogen-bond acceptors (Lipinski definition) is 3. The number of carbonyl (C=O) groups is 1. The summed E-state index contributed by atoms with van der Waals surface area (Å²) in [5.74, 6) is 1.83. The monoisotopic (exact) mass is 291 g/mol. The van der Waals surface area contributed by atoms with E-state index in [-0.39, 0.29) is 11.8 Å². The molecule has 0 aromatic heterocycles. The number of ether oxygens (including phenoxy) is 2. The van der Waals surface area contributed by atoms with E-state index < -0.39 is 0 Å². The molecule has 1 N–H and O–H groups in total. The molecule has 0 saturated heterocycles. The lowest BCUT2D eigenvalue weighted by molar-refractivity contribution is -0.125. The molecule has 2 rings (SSSR count). The molecule has 1 heterocycles. The van der Waals surface area contributed by atoms with Crippen LogP contribution in [0.3, 0.4) is 0 Å². The summed E-state index contributed by atoms with van der Waals surface area (Å²) in [6.45, 7) is 5.94. The molecule has 4 heteroatoms. The summed E-state index contributed by atoms with van der Waals surface area (Å²) < 4.78 is 11.0. The van der Waals surface area contributed by atoms with Gasteiger partial charge in [0, 0.05) is 12.5 Å². The summed E-state index contributed by atoms with van der Waals surface area (Å²) >= 11 is 0. The second kappa shape index (κ2) is 7.91. The minimum Gasteiger partial charge on any atom is -0.486 e. The van der Waals surface area contributed by atoms with Crippen LogP contribution in [0.2, 0.25) is 0 Å². The highest BCUT2D eigenvalue weighted by Gasteiger charge is 2.16. The molecule has 1 amide bonds. The van der Waals surface area contributed by atoms with E-state index >= 15 is 0 Å². The number of nitrogens with one attached hydrogen (secondary N) is 1. The fraction of sp³-hybridized carbons (Fsp3) is 0.588. The SMILES string of the molecule is CCCCC(CC)C(=O)NCc1ccc2c(c1)OCCO2. The van der Waals surface area contributed by atoms with Gasteiger partial charge in [-0.1, -0.05) is 32.8 Å². The number of amides is 1. The average molecular weight is 291 g/mol. The smallest absolute Gasteiger partial charge is 0.223 e. The Balaban J connectivity index is 1.88. The number of hydrogen-bond donors (Lipinski definition) is 1. The fourth-order valence-electron chi connectivity index (χ4n) is 2.50. The third-order valence-corrected chi connectivity index (χ3v) is 3.84. The lowest BCUT2D eigenvalue weighted by atomic mass is 9.98. The van der Waals surface area contributed by atoms with Crippen molar-refractivity contribution in [1.82, 2.24) is 5.32 Å². The van der Waals surface area contributed by atoms with Gasteiger partial charge >= 0.3 is 0 Å². The molecular formula is C17H25NO3. The van der Waals surface area contributed by atoms with Crippen LogP contribution in [-0.4, -0.2) is 19.1 Å². The van der Waals surface area contributed by atoms with Crippen molar-refractivity contribution in [2.24, 2.45) is 5.92 Å². The lowest BCUT2D eigenvalue weighted by Gasteiger charge is -2.19. The molecule has 116 valence electrons. The molecule has 0 bridgehead atoms. The second-order valence-corrected chi connectivity index (χ2v) is 5.44. The zero-order valence-electron chi connectivity index (χ0n) is 13.0. The Morgan fingerprint density at radius 1 is 1.24 bits per heavy atom. The van der Waals surface area contributed by atoms with Crippen molar-refractivity contribution >= 4 is 5.91 Å². The van der Waals surface area contributed by atoms with Crippen molar-refractivity contribution in [2.45, 2.75) is 46.1 Å². The topological polar surface area (TPSA) is 47.6 Å². The molecule has 21 heavy (non-hydrogen) atoms. The normalized spacial score (nSPS) is 14.6. The average Bonchev–Trinajstić information content (AvgIpc) is 2.53. The molecule has 1 aliphatic heterocycles. The summed E-state index contributed by atoms with van der Waals surface area (Å²) in [7, 11) is 0. The Morgan fingerprint density at radius 3 is 2.71 bits per heavy atom. The Kier molecular flexibility index (Phi) is 5.90. The Labute approximate surface area is 126 Å². The maximum absolute atomic E-state index is 12.2. The van der Waals surface area contributed by atoms with Gasteiger partial charge in [-0.3, -0.25) is 4.79 Å². The van der Waals surface area contributed by atoms with Gasteiger partial charge in [-0.05, 0) is 30.5 Å². The lowest BCUT2D eigenvalue weighted by Crippen LogP contribution is -2.30. The van der Waals surface area contributed by atoms with Crippen molar-refractivity contribution in [1.29, 1.82) is 0 Å². The van der Waals surface area contributed by atoms with Gasteiger partial charge in [-0.15, -0.1) is 0 Å². The standard InChI is InChI=1S/C17H25NO3/c1-3-5-6-14(4-2)17(19)18-12-13-7-8-15-16(11-13)21-10-9-20-15/h7-8,11,14H,3-6,9-10,12H2,1-2H3,(H,18,19). The maximum atomic E-state index is 12.2. The van der Waals surface area contributed by atoms with E-state index in [9.17, 15) is 4.79 Å². The van der Waals surface area contributed by atoms with Gasteiger partial charge in [0.05, 0.1) is 0 Å². The van der Waals surface area contributed by atoms with Gasteiger partial charge in [0.1, 0.15) is 13.2 Å². The van der Waals surface area contributed by atoms with Crippen LogP contribution in [-0.2, 0) is 11.3 Å². The van der Waals surface area contributed by atoms with Gasteiger partial charge < -0.3 is 14.8 Å². The first-order valence-electron chi connectivity index (χ1n) is 7.90. The molecule has 0 spiro atoms. The van der Waals surface area contributed by atoms with Gasteiger partial charge in [0.25, 0.3) is 0 Å². The van der Waals surface area contributed by atoms with Crippen LogP contribution in [0.1, 0.15) is 45.1 Å². The van der Waals surface area contributed by atoms with Gasteiger partial charge in [0.15, 0.2) is 11.5 Å². The third-order valence-electron chi connectivity index (χ3n) is 3.84. The van der Waals surface area contributed by atoms with Gasteiger partial charge in [-0.2, -0.15) is 0 Å². The highest BCUT2D eigenvalue weighted by atomic mass is 16.6. The minimum absolute atomic E-state index is 0.127. The van der Waals surface area contributed by atoms with Crippen LogP contribution in [0.4, 0.5) is 0 Å². The van der Waals surface area contributed by atoms with Crippen molar-refractivity contribution in [3.63, 3.8) is 0 Å².